The summed E-state index contributed by atoms with van der Waals surface area (Å²) in [5.74, 6) is 0.817. The van der Waals surface area contributed by atoms with Gasteiger partial charge in [0.05, 0.1) is 17.4 Å². The van der Waals surface area contributed by atoms with Crippen LogP contribution in [0.1, 0.15) is 29.2 Å². The zero-order valence-corrected chi connectivity index (χ0v) is 17.6. The number of amidine groups is 1. The minimum Gasteiger partial charge on any atom is -0.376 e. The maximum atomic E-state index is 6.46. The monoisotopic (exact) mass is 417 g/mol. The number of rotatable bonds is 3. The highest BCUT2D eigenvalue weighted by Gasteiger charge is 2.52. The molecule has 2 aliphatic heterocycles. The van der Waals surface area contributed by atoms with Crippen LogP contribution in [0.5, 0.6) is 0 Å². The van der Waals surface area contributed by atoms with Crippen molar-refractivity contribution in [1.82, 2.24) is 0 Å². The molecule has 32 heavy (non-hydrogen) atoms. The number of anilines is 2. The van der Waals surface area contributed by atoms with Crippen molar-refractivity contribution < 1.29 is 4.84 Å². The number of benzene rings is 4. The molecule has 6 rings (SSSR count). The molecule has 0 radical (unpaired) electrons. The molecule has 156 valence electrons. The highest BCUT2D eigenvalue weighted by Crippen LogP contribution is 2.51. The molecule has 0 fully saturated rings. The summed E-state index contributed by atoms with van der Waals surface area (Å²) in [5, 5.41) is 8.48. The van der Waals surface area contributed by atoms with Gasteiger partial charge in [-0.05, 0) is 17.7 Å². The van der Waals surface area contributed by atoms with E-state index in [1.165, 1.54) is 5.56 Å². The van der Waals surface area contributed by atoms with Crippen molar-refractivity contribution in [1.29, 1.82) is 0 Å². The fourth-order valence-electron chi connectivity index (χ4n) is 4.77. The summed E-state index contributed by atoms with van der Waals surface area (Å²) in [6.07, 6.45) is 0.690. The molecule has 0 bridgehead atoms. The van der Waals surface area contributed by atoms with Gasteiger partial charge >= 0.3 is 0 Å². The first-order valence-electron chi connectivity index (χ1n) is 10.9. The van der Waals surface area contributed by atoms with E-state index in [4.69, 9.17) is 4.84 Å². The molecular weight excluding hydrogens is 394 g/mol. The lowest BCUT2D eigenvalue weighted by Crippen LogP contribution is -2.47. The lowest BCUT2D eigenvalue weighted by atomic mass is 9.90. The summed E-state index contributed by atoms with van der Waals surface area (Å²) >= 11 is 0. The molecule has 0 saturated carbocycles. The zero-order chi connectivity index (χ0) is 21.4. The highest BCUT2D eigenvalue weighted by molar-refractivity contribution is 6.13. The Balaban J connectivity index is 1.59. The topological polar surface area (TPSA) is 36.9 Å². The van der Waals surface area contributed by atoms with Crippen molar-refractivity contribution in [2.75, 3.05) is 10.2 Å². The van der Waals surface area contributed by atoms with Crippen LogP contribution in [0.2, 0.25) is 0 Å². The van der Waals surface area contributed by atoms with Gasteiger partial charge in [0.2, 0.25) is 5.72 Å². The molecule has 0 unspecified atom stereocenters. The van der Waals surface area contributed by atoms with Crippen molar-refractivity contribution in [3.05, 3.63) is 132 Å². The Morgan fingerprint density at radius 2 is 1.38 bits per heavy atom. The van der Waals surface area contributed by atoms with Gasteiger partial charge < -0.3 is 10.2 Å². The number of hydrogen-bond acceptors (Lipinski definition) is 4. The fourth-order valence-corrected chi connectivity index (χ4v) is 4.77. The molecule has 4 nitrogen and oxygen atoms in total. The van der Waals surface area contributed by atoms with E-state index >= 15 is 0 Å². The van der Waals surface area contributed by atoms with Crippen molar-refractivity contribution >= 4 is 17.2 Å². The third-order valence-corrected chi connectivity index (χ3v) is 6.27. The van der Waals surface area contributed by atoms with Crippen LogP contribution < -0.4 is 10.2 Å². The molecule has 2 heterocycles. The number of nitrogens with zero attached hydrogens (tertiary/aromatic N) is 2. The second-order valence-corrected chi connectivity index (χ2v) is 8.19. The molecule has 0 aromatic heterocycles. The van der Waals surface area contributed by atoms with Crippen LogP contribution in [0.25, 0.3) is 0 Å². The molecule has 1 N–H and O–H groups in total. The first-order chi connectivity index (χ1) is 15.9. The Labute approximate surface area is 187 Å². The van der Waals surface area contributed by atoms with E-state index in [1.54, 1.807) is 0 Å². The molecule has 0 spiro atoms. The third kappa shape index (κ3) is 2.95. The SMILES string of the molecule is c1ccc(C2=NO[C@@]3(c4ccccc4)C[C@@H](c4ccccc4)Nc4ccccc4N23)cc1. The van der Waals surface area contributed by atoms with Gasteiger partial charge in [-0.1, -0.05) is 108 Å². The van der Waals surface area contributed by atoms with Crippen molar-refractivity contribution in [3.8, 4) is 0 Å². The Morgan fingerprint density at radius 3 is 2.12 bits per heavy atom. The van der Waals surface area contributed by atoms with Gasteiger partial charge in [0.1, 0.15) is 0 Å². The minimum absolute atomic E-state index is 0.0490. The van der Waals surface area contributed by atoms with E-state index in [0.29, 0.717) is 6.42 Å². The van der Waals surface area contributed by atoms with Gasteiger partial charge in [-0.3, -0.25) is 4.90 Å². The lowest BCUT2D eigenvalue weighted by molar-refractivity contribution is -0.0308. The molecule has 4 aromatic carbocycles. The molecule has 0 aliphatic carbocycles. The van der Waals surface area contributed by atoms with Gasteiger partial charge in [-0.15, -0.1) is 0 Å². The van der Waals surface area contributed by atoms with Crippen LogP contribution in [0.3, 0.4) is 0 Å². The Morgan fingerprint density at radius 1 is 0.750 bits per heavy atom. The molecule has 4 heteroatoms. The van der Waals surface area contributed by atoms with Gasteiger partial charge in [0.15, 0.2) is 5.84 Å². The largest absolute Gasteiger partial charge is 0.376 e. The van der Waals surface area contributed by atoms with Gasteiger partial charge in [-0.25, -0.2) is 0 Å². The quantitative estimate of drug-likeness (QED) is 0.425. The average molecular weight is 418 g/mol. The Bertz CT molecular complexity index is 1260. The minimum atomic E-state index is -0.771. The Kier molecular flexibility index (Phi) is 4.43. The van der Waals surface area contributed by atoms with E-state index in [2.05, 4.69) is 106 Å². The van der Waals surface area contributed by atoms with E-state index in [0.717, 1.165) is 28.3 Å². The first-order valence-corrected chi connectivity index (χ1v) is 10.9. The molecular formula is C28H23N3O. The predicted molar refractivity (Wildman–Crippen MR) is 129 cm³/mol. The van der Waals surface area contributed by atoms with E-state index < -0.39 is 5.72 Å². The van der Waals surface area contributed by atoms with Gasteiger partial charge in [-0.2, -0.15) is 0 Å². The standard InChI is InChI=1S/C28H23N3O/c1-4-12-21(13-5-1)25-20-28(23-16-8-3-9-17-23)31(26-19-11-10-18-24(26)29-25)27(30-32-28)22-14-6-2-7-15-22/h1-19,25,29H,20H2/t25-,28+/m0/s1. The predicted octanol–water partition coefficient (Wildman–Crippen LogP) is 6.29. The lowest BCUT2D eigenvalue weighted by Gasteiger charge is -2.37. The van der Waals surface area contributed by atoms with Crippen molar-refractivity contribution in [2.24, 2.45) is 5.16 Å². The van der Waals surface area contributed by atoms with Crippen LogP contribution in [-0.4, -0.2) is 5.84 Å². The van der Waals surface area contributed by atoms with E-state index in [-0.39, 0.29) is 6.04 Å². The van der Waals surface area contributed by atoms with Crippen LogP contribution in [-0.2, 0) is 10.6 Å². The van der Waals surface area contributed by atoms with Crippen molar-refractivity contribution in [3.63, 3.8) is 0 Å². The van der Waals surface area contributed by atoms with Crippen LogP contribution in [0, 0.1) is 0 Å². The summed E-state index contributed by atoms with van der Waals surface area (Å²) in [6.45, 7) is 0. The van der Waals surface area contributed by atoms with Crippen LogP contribution in [0.4, 0.5) is 11.4 Å². The average Bonchev–Trinajstić information content (AvgIpc) is 3.18. The van der Waals surface area contributed by atoms with Crippen molar-refractivity contribution in [2.45, 2.75) is 18.2 Å². The summed E-state index contributed by atoms with van der Waals surface area (Å²) in [6, 6.07) is 39.7. The number of oxime groups is 1. The number of para-hydroxylation sites is 2. The van der Waals surface area contributed by atoms with E-state index in [1.807, 2.05) is 24.3 Å². The summed E-state index contributed by atoms with van der Waals surface area (Å²) in [5.41, 5.74) is 4.67. The second-order valence-electron chi connectivity index (χ2n) is 8.19. The second kappa shape index (κ2) is 7.57. The van der Waals surface area contributed by atoms with E-state index in [9.17, 15) is 0 Å². The number of nitrogens with one attached hydrogen (secondary N) is 1. The molecule has 0 amide bonds. The van der Waals surface area contributed by atoms with Crippen LogP contribution >= 0.6 is 0 Å². The smallest absolute Gasteiger partial charge is 0.243 e. The van der Waals surface area contributed by atoms with Crippen LogP contribution in [0.15, 0.2) is 120 Å². The normalized spacial score (nSPS) is 21.4. The molecule has 2 atom stereocenters. The first kappa shape index (κ1) is 18.7. The highest BCUT2D eigenvalue weighted by atomic mass is 16.7. The Hall–Kier alpha value is -4.05. The number of fused-ring (bicyclic) bond motifs is 3. The fraction of sp³-hybridized carbons (Fsp3) is 0.107. The van der Waals surface area contributed by atoms with Gasteiger partial charge in [0.25, 0.3) is 0 Å². The van der Waals surface area contributed by atoms with Gasteiger partial charge in [0, 0.05) is 17.5 Å². The summed E-state index contributed by atoms with van der Waals surface area (Å²) in [4.78, 5) is 8.73. The third-order valence-electron chi connectivity index (χ3n) is 6.27. The maximum absolute atomic E-state index is 6.46. The molecule has 0 saturated heterocycles. The summed E-state index contributed by atoms with van der Waals surface area (Å²) < 4.78 is 0. The maximum Gasteiger partial charge on any atom is 0.243 e. The molecule has 4 aromatic rings. The zero-order valence-electron chi connectivity index (χ0n) is 17.6. The molecule has 2 aliphatic rings. The number of hydrogen-bond donors (Lipinski definition) is 1. The summed E-state index contributed by atoms with van der Waals surface area (Å²) in [7, 11) is 0.